The molecule has 0 spiro atoms. The number of rotatable bonds is 0. The van der Waals surface area contributed by atoms with Gasteiger partial charge in [0.15, 0.2) is 0 Å². The minimum Gasteiger partial charge on any atom is -0.393 e. The van der Waals surface area contributed by atoms with Gasteiger partial charge in [0.1, 0.15) is 0 Å². The lowest BCUT2D eigenvalue weighted by molar-refractivity contribution is 0.0983. The van der Waals surface area contributed by atoms with Crippen LogP contribution in [0.4, 0.5) is 0 Å². The maximum absolute atomic E-state index is 10.0. The van der Waals surface area contributed by atoms with Crippen LogP contribution in [-0.4, -0.2) is 23.4 Å². The predicted octanol–water partition coefficient (Wildman–Crippen LogP) is 0.647. The van der Waals surface area contributed by atoms with Crippen molar-refractivity contribution in [2.45, 2.75) is 31.2 Å². The molecule has 6 aliphatic rings. The number of fused-ring (bicyclic) bond motifs is 1. The zero-order chi connectivity index (χ0) is 8.32. The average molecular weight is 178 g/mol. The molecule has 0 radical (unpaired) electrons. The summed E-state index contributed by atoms with van der Waals surface area (Å²) >= 11 is 0. The van der Waals surface area contributed by atoms with Gasteiger partial charge >= 0.3 is 0 Å². The first-order valence-electron chi connectivity index (χ1n) is 5.70. The second kappa shape index (κ2) is 1.59. The van der Waals surface area contributed by atoms with Crippen molar-refractivity contribution in [2.24, 2.45) is 35.5 Å². The summed E-state index contributed by atoms with van der Waals surface area (Å²) in [6.07, 6.45) is 3.85. The molecule has 2 heteroatoms. The molecule has 1 saturated heterocycles. The third-order valence-electron chi connectivity index (χ3n) is 5.66. The van der Waals surface area contributed by atoms with Crippen LogP contribution in [0.3, 0.4) is 0 Å². The quantitative estimate of drug-likeness (QED) is 0.552. The van der Waals surface area contributed by atoms with Gasteiger partial charge in [-0.1, -0.05) is 0 Å². The highest BCUT2D eigenvalue weighted by Gasteiger charge is 2.79. The fraction of sp³-hybridized carbons (Fsp3) is 1.00. The van der Waals surface area contributed by atoms with E-state index in [0.717, 1.165) is 29.6 Å². The zero-order valence-corrected chi connectivity index (χ0v) is 7.47. The first kappa shape index (κ1) is 6.41. The van der Waals surface area contributed by atoms with Gasteiger partial charge in [-0.05, 0) is 48.3 Å². The lowest BCUT2D eigenvalue weighted by Crippen LogP contribution is -2.21. The zero-order valence-electron chi connectivity index (χ0n) is 7.47. The van der Waals surface area contributed by atoms with Gasteiger partial charge in [-0.15, -0.1) is 0 Å². The highest BCUT2D eigenvalue weighted by molar-refractivity contribution is 5.26. The number of hydrogen-bond acceptors (Lipinski definition) is 2. The Bertz CT molecular complexity index is 278. The molecule has 0 aromatic heterocycles. The Hall–Kier alpha value is -0.0800. The average Bonchev–Trinajstić information content (AvgIpc) is 2.81. The Morgan fingerprint density at radius 2 is 1.46 bits per heavy atom. The molecule has 5 saturated carbocycles. The minimum atomic E-state index is 0.0856. The SMILES string of the molecule is OC1C2C3CC4OC4CC2C2C1C32. The van der Waals surface area contributed by atoms with Gasteiger partial charge in [-0.25, -0.2) is 0 Å². The highest BCUT2D eigenvalue weighted by atomic mass is 16.6. The Kier molecular flexibility index (Phi) is 0.783. The van der Waals surface area contributed by atoms with E-state index in [0.29, 0.717) is 18.1 Å². The van der Waals surface area contributed by atoms with Gasteiger partial charge in [0.05, 0.1) is 18.3 Å². The van der Waals surface area contributed by atoms with Gasteiger partial charge < -0.3 is 9.84 Å². The van der Waals surface area contributed by atoms with Crippen LogP contribution >= 0.6 is 0 Å². The van der Waals surface area contributed by atoms with Gasteiger partial charge in [-0.3, -0.25) is 0 Å². The summed E-state index contributed by atoms with van der Waals surface area (Å²) in [5.74, 6) is 4.99. The van der Waals surface area contributed by atoms with E-state index in [-0.39, 0.29) is 6.10 Å². The van der Waals surface area contributed by atoms with Gasteiger partial charge in [-0.2, -0.15) is 0 Å². The van der Waals surface area contributed by atoms with E-state index in [4.69, 9.17) is 4.74 Å². The van der Waals surface area contributed by atoms with E-state index in [9.17, 15) is 5.11 Å². The predicted molar refractivity (Wildman–Crippen MR) is 44.8 cm³/mol. The van der Waals surface area contributed by atoms with Gasteiger partial charge in [0.2, 0.25) is 0 Å². The normalized spacial score (nSPS) is 80.5. The Balaban J connectivity index is 1.65. The van der Waals surface area contributed by atoms with Crippen LogP contribution in [0.5, 0.6) is 0 Å². The minimum absolute atomic E-state index is 0.0856. The number of ether oxygens (including phenoxy) is 1. The van der Waals surface area contributed by atoms with Crippen LogP contribution in [0.25, 0.3) is 0 Å². The molecule has 1 aliphatic heterocycles. The smallest absolute Gasteiger partial charge is 0.0844 e. The van der Waals surface area contributed by atoms with Crippen LogP contribution in [-0.2, 0) is 4.74 Å². The lowest BCUT2D eigenvalue weighted by Gasteiger charge is -2.19. The third kappa shape index (κ3) is 0.511. The molecule has 6 fully saturated rings. The molecule has 70 valence electrons. The van der Waals surface area contributed by atoms with Crippen molar-refractivity contribution in [1.82, 2.24) is 0 Å². The van der Waals surface area contributed by atoms with Crippen molar-refractivity contribution in [3.8, 4) is 0 Å². The van der Waals surface area contributed by atoms with E-state index in [1.807, 2.05) is 0 Å². The summed E-state index contributed by atoms with van der Waals surface area (Å²) in [5, 5.41) is 10.0. The molecule has 1 N–H and O–H groups in total. The van der Waals surface area contributed by atoms with Gasteiger partial charge in [0.25, 0.3) is 0 Å². The van der Waals surface area contributed by atoms with E-state index in [1.54, 1.807) is 0 Å². The second-order valence-electron chi connectivity index (χ2n) is 5.81. The van der Waals surface area contributed by atoms with Crippen LogP contribution in [0, 0.1) is 35.5 Å². The maximum atomic E-state index is 10.0. The van der Waals surface area contributed by atoms with Crippen molar-refractivity contribution in [3.63, 3.8) is 0 Å². The van der Waals surface area contributed by atoms with E-state index < -0.39 is 0 Å². The second-order valence-corrected chi connectivity index (χ2v) is 5.81. The first-order valence-corrected chi connectivity index (χ1v) is 5.70. The molecule has 0 amide bonds. The van der Waals surface area contributed by atoms with Crippen LogP contribution in [0.15, 0.2) is 0 Å². The molecule has 7 unspecified atom stereocenters. The molecule has 5 aliphatic carbocycles. The fourth-order valence-corrected chi connectivity index (χ4v) is 5.33. The first-order chi connectivity index (χ1) is 6.36. The van der Waals surface area contributed by atoms with Crippen LogP contribution in [0.2, 0.25) is 0 Å². The molecule has 0 aromatic rings. The summed E-state index contributed by atoms with van der Waals surface area (Å²) in [7, 11) is 0. The van der Waals surface area contributed by atoms with E-state index in [1.165, 1.54) is 12.8 Å². The topological polar surface area (TPSA) is 32.8 Å². The largest absolute Gasteiger partial charge is 0.393 e. The van der Waals surface area contributed by atoms with Crippen molar-refractivity contribution in [2.75, 3.05) is 0 Å². The molecular formula is C11H14O2. The van der Waals surface area contributed by atoms with Crippen molar-refractivity contribution < 1.29 is 9.84 Å². The van der Waals surface area contributed by atoms with Crippen LogP contribution in [0.1, 0.15) is 12.8 Å². The van der Waals surface area contributed by atoms with E-state index >= 15 is 0 Å². The molecule has 2 nitrogen and oxygen atoms in total. The Morgan fingerprint density at radius 3 is 2.00 bits per heavy atom. The van der Waals surface area contributed by atoms with Crippen molar-refractivity contribution in [1.29, 1.82) is 0 Å². The van der Waals surface area contributed by atoms with Crippen molar-refractivity contribution in [3.05, 3.63) is 0 Å². The molecule has 1 heterocycles. The molecule has 6 rings (SSSR count). The highest BCUT2D eigenvalue weighted by Crippen LogP contribution is 2.79. The lowest BCUT2D eigenvalue weighted by atomic mass is 9.89. The molecular weight excluding hydrogens is 164 g/mol. The molecule has 6 bridgehead atoms. The Morgan fingerprint density at radius 1 is 0.846 bits per heavy atom. The number of hydrogen-bond donors (Lipinski definition) is 1. The standard InChI is InChI=1S/C11H14O2/c12-11-7-3-1-5-6(13-5)2-4(7)9-8(3)10(9)11/h3-12H,1-2H2. The molecule has 13 heavy (non-hydrogen) atoms. The number of epoxide rings is 1. The van der Waals surface area contributed by atoms with E-state index in [2.05, 4.69) is 0 Å². The number of aliphatic hydroxyl groups is 1. The summed E-state index contributed by atoms with van der Waals surface area (Å²) in [6, 6.07) is 0. The summed E-state index contributed by atoms with van der Waals surface area (Å²) in [4.78, 5) is 0. The fourth-order valence-electron chi connectivity index (χ4n) is 5.33. The van der Waals surface area contributed by atoms with Crippen molar-refractivity contribution >= 4 is 0 Å². The monoisotopic (exact) mass is 178 g/mol. The summed E-state index contributed by atoms with van der Waals surface area (Å²) < 4.78 is 5.63. The summed E-state index contributed by atoms with van der Waals surface area (Å²) in [5.41, 5.74) is 0. The molecule has 7 atom stereocenters. The van der Waals surface area contributed by atoms with Crippen LogP contribution < -0.4 is 0 Å². The number of aliphatic hydroxyl groups excluding tert-OH is 1. The maximum Gasteiger partial charge on any atom is 0.0844 e. The summed E-state index contributed by atoms with van der Waals surface area (Å²) in [6.45, 7) is 0. The third-order valence-corrected chi connectivity index (χ3v) is 5.66. The Labute approximate surface area is 77.3 Å². The van der Waals surface area contributed by atoms with Gasteiger partial charge in [0, 0.05) is 0 Å². The molecule has 0 aromatic carbocycles.